The monoisotopic (exact) mass is 290 g/mol. The molecule has 6 heteroatoms. The van der Waals surface area contributed by atoms with E-state index in [1.165, 1.54) is 6.07 Å². The molecular formula is C11H5Cl3O3. The second kappa shape index (κ2) is 4.33. The molecule has 0 radical (unpaired) electrons. The lowest BCUT2D eigenvalue weighted by molar-refractivity contribution is 0.0993. The molecule has 1 aromatic carbocycles. The van der Waals surface area contributed by atoms with E-state index in [9.17, 15) is 9.59 Å². The maximum Gasteiger partial charge on any atom is 0.253 e. The Hall–Kier alpha value is -1.03. The van der Waals surface area contributed by atoms with Crippen LogP contribution in [0.4, 0.5) is 0 Å². The number of alkyl halides is 3. The van der Waals surface area contributed by atoms with Crippen molar-refractivity contribution >= 4 is 51.6 Å². The van der Waals surface area contributed by atoms with Gasteiger partial charge in [-0.05, 0) is 12.1 Å². The number of carbonyl (C=O) groups is 1. The summed E-state index contributed by atoms with van der Waals surface area (Å²) in [5.41, 5.74) is -0.412. The van der Waals surface area contributed by atoms with Crippen molar-refractivity contribution in [2.45, 2.75) is 3.79 Å². The molecule has 2 aromatic rings. The van der Waals surface area contributed by atoms with Gasteiger partial charge in [0.15, 0.2) is 0 Å². The van der Waals surface area contributed by atoms with Gasteiger partial charge in [0.1, 0.15) is 17.4 Å². The molecule has 0 bridgehead atoms. The van der Waals surface area contributed by atoms with Gasteiger partial charge in [-0.2, -0.15) is 0 Å². The molecule has 0 saturated carbocycles. The average Bonchev–Trinajstić information content (AvgIpc) is 2.28. The van der Waals surface area contributed by atoms with E-state index in [0.717, 1.165) is 6.26 Å². The van der Waals surface area contributed by atoms with Gasteiger partial charge in [-0.15, -0.1) is 0 Å². The Morgan fingerprint density at radius 3 is 2.47 bits per heavy atom. The molecule has 0 fully saturated rings. The Bertz CT molecular complexity index is 640. The van der Waals surface area contributed by atoms with Gasteiger partial charge in [0, 0.05) is 0 Å². The van der Waals surface area contributed by atoms with Crippen molar-refractivity contribution in [3.63, 3.8) is 0 Å². The second-order valence-electron chi connectivity index (χ2n) is 3.30. The molecule has 0 aliphatic heterocycles. The van der Waals surface area contributed by atoms with Crippen LogP contribution in [0.3, 0.4) is 0 Å². The number of hydrogen-bond acceptors (Lipinski definition) is 3. The Labute approximate surface area is 111 Å². The molecule has 1 aromatic heterocycles. The molecule has 2 rings (SSSR count). The topological polar surface area (TPSA) is 47.3 Å². The minimum Gasteiger partial charge on any atom is -0.463 e. The summed E-state index contributed by atoms with van der Waals surface area (Å²) in [7, 11) is 0. The molecule has 17 heavy (non-hydrogen) atoms. The quantitative estimate of drug-likeness (QED) is 0.598. The Morgan fingerprint density at radius 1 is 1.18 bits per heavy atom. The summed E-state index contributed by atoms with van der Waals surface area (Å²) in [5, 5.41) is 0.271. The minimum atomic E-state index is -2.17. The zero-order chi connectivity index (χ0) is 12.6. The first kappa shape index (κ1) is 12.4. The molecule has 3 nitrogen and oxygen atoms in total. The van der Waals surface area contributed by atoms with E-state index >= 15 is 0 Å². The first-order valence-electron chi connectivity index (χ1n) is 4.53. The van der Waals surface area contributed by atoms with Gasteiger partial charge in [0.2, 0.25) is 11.2 Å². The van der Waals surface area contributed by atoms with Gasteiger partial charge in [-0.3, -0.25) is 9.59 Å². The SMILES string of the molecule is O=C(c1coc2ccccc2c1=O)C(Cl)(Cl)Cl. The zero-order valence-electron chi connectivity index (χ0n) is 8.25. The van der Waals surface area contributed by atoms with E-state index in [4.69, 9.17) is 39.2 Å². The number of halogens is 3. The van der Waals surface area contributed by atoms with Crippen molar-refractivity contribution in [1.82, 2.24) is 0 Å². The molecule has 0 spiro atoms. The van der Waals surface area contributed by atoms with Crippen LogP contribution >= 0.6 is 34.8 Å². The van der Waals surface area contributed by atoms with E-state index in [1.54, 1.807) is 18.2 Å². The number of Topliss-reactive ketones (excluding diaryl/α,β-unsaturated/α-hetero) is 1. The summed E-state index contributed by atoms with van der Waals surface area (Å²) < 4.78 is 2.97. The summed E-state index contributed by atoms with van der Waals surface area (Å²) in [4.78, 5) is 23.6. The van der Waals surface area contributed by atoms with E-state index in [-0.39, 0.29) is 10.9 Å². The fourth-order valence-electron chi connectivity index (χ4n) is 1.39. The third-order valence-electron chi connectivity index (χ3n) is 2.18. The normalized spacial score (nSPS) is 11.7. The molecule has 0 aliphatic rings. The zero-order valence-corrected chi connectivity index (χ0v) is 10.5. The molecule has 0 aliphatic carbocycles. The summed E-state index contributed by atoms with van der Waals surface area (Å²) in [6, 6.07) is 6.52. The minimum absolute atomic E-state index is 0.271. The summed E-state index contributed by atoms with van der Waals surface area (Å²) in [5.74, 6) is -0.901. The first-order chi connectivity index (χ1) is 7.91. The Kier molecular flexibility index (Phi) is 3.17. The molecule has 0 unspecified atom stereocenters. The second-order valence-corrected chi connectivity index (χ2v) is 5.58. The van der Waals surface area contributed by atoms with E-state index in [0.29, 0.717) is 5.58 Å². The van der Waals surface area contributed by atoms with Crippen LogP contribution in [0.15, 0.2) is 39.7 Å². The van der Waals surface area contributed by atoms with Crippen LogP contribution in [-0.2, 0) is 0 Å². The predicted molar refractivity (Wildman–Crippen MR) is 67.1 cm³/mol. The van der Waals surface area contributed by atoms with Gasteiger partial charge < -0.3 is 4.42 Å². The van der Waals surface area contributed by atoms with E-state index < -0.39 is 15.0 Å². The number of para-hydroxylation sites is 1. The number of fused-ring (bicyclic) bond motifs is 1. The van der Waals surface area contributed by atoms with Crippen LogP contribution in [-0.4, -0.2) is 9.58 Å². The van der Waals surface area contributed by atoms with Gasteiger partial charge in [-0.25, -0.2) is 0 Å². The highest BCUT2D eigenvalue weighted by molar-refractivity contribution is 6.77. The van der Waals surface area contributed by atoms with Gasteiger partial charge in [0.25, 0.3) is 3.79 Å². The number of rotatable bonds is 1. The molecule has 0 N–H and O–H groups in total. The van der Waals surface area contributed by atoms with E-state index in [2.05, 4.69) is 0 Å². The lowest BCUT2D eigenvalue weighted by Gasteiger charge is -2.08. The van der Waals surface area contributed by atoms with Crippen molar-refractivity contribution in [3.05, 3.63) is 46.3 Å². The van der Waals surface area contributed by atoms with Crippen LogP contribution in [0.5, 0.6) is 0 Å². The number of hydrogen-bond donors (Lipinski definition) is 0. The largest absolute Gasteiger partial charge is 0.463 e. The standard InChI is InChI=1S/C11H5Cl3O3/c12-11(13,14)10(16)7-5-17-8-4-2-1-3-6(8)9(7)15/h1-5H. The molecular weight excluding hydrogens is 286 g/mol. The van der Waals surface area contributed by atoms with Crippen LogP contribution in [0, 0.1) is 0 Å². The fraction of sp³-hybridized carbons (Fsp3) is 0.0909. The van der Waals surface area contributed by atoms with Crippen LogP contribution < -0.4 is 5.43 Å². The number of benzene rings is 1. The van der Waals surface area contributed by atoms with Crippen molar-refractivity contribution in [3.8, 4) is 0 Å². The lowest BCUT2D eigenvalue weighted by atomic mass is 10.1. The van der Waals surface area contributed by atoms with Gasteiger partial charge >= 0.3 is 0 Å². The third kappa shape index (κ3) is 2.32. The summed E-state index contributed by atoms with van der Waals surface area (Å²) in [6.07, 6.45) is 1.01. The smallest absolute Gasteiger partial charge is 0.253 e. The molecule has 0 atom stereocenters. The molecule has 88 valence electrons. The summed E-state index contributed by atoms with van der Waals surface area (Å²) in [6.45, 7) is 0. The third-order valence-corrected chi connectivity index (χ3v) is 2.70. The van der Waals surface area contributed by atoms with Crippen LogP contribution in [0.25, 0.3) is 11.0 Å². The summed E-state index contributed by atoms with van der Waals surface area (Å²) >= 11 is 16.3. The van der Waals surface area contributed by atoms with Crippen molar-refractivity contribution in [1.29, 1.82) is 0 Å². The number of carbonyl (C=O) groups excluding carboxylic acids is 1. The first-order valence-corrected chi connectivity index (χ1v) is 5.66. The van der Waals surface area contributed by atoms with Gasteiger partial charge in [0.05, 0.1) is 5.39 Å². The van der Waals surface area contributed by atoms with Crippen molar-refractivity contribution in [2.75, 3.05) is 0 Å². The van der Waals surface area contributed by atoms with Crippen LogP contribution in [0.1, 0.15) is 10.4 Å². The van der Waals surface area contributed by atoms with Crippen molar-refractivity contribution in [2.24, 2.45) is 0 Å². The predicted octanol–water partition coefficient (Wildman–Crippen LogP) is 3.35. The lowest BCUT2D eigenvalue weighted by Crippen LogP contribution is -2.25. The Balaban J connectivity index is 2.70. The molecule has 0 amide bonds. The van der Waals surface area contributed by atoms with E-state index in [1.807, 2.05) is 0 Å². The van der Waals surface area contributed by atoms with Gasteiger partial charge in [-0.1, -0.05) is 46.9 Å². The highest BCUT2D eigenvalue weighted by Crippen LogP contribution is 2.29. The maximum absolute atomic E-state index is 12.0. The number of ketones is 1. The fourth-order valence-corrected chi connectivity index (χ4v) is 1.69. The molecule has 0 saturated heterocycles. The molecule has 1 heterocycles. The van der Waals surface area contributed by atoms with Crippen LogP contribution in [0.2, 0.25) is 0 Å². The Morgan fingerprint density at radius 2 is 1.82 bits per heavy atom. The van der Waals surface area contributed by atoms with Crippen molar-refractivity contribution < 1.29 is 9.21 Å². The average molecular weight is 292 g/mol. The highest BCUT2D eigenvalue weighted by Gasteiger charge is 2.34. The maximum atomic E-state index is 12.0. The highest BCUT2D eigenvalue weighted by atomic mass is 35.6.